The smallest absolute Gasteiger partial charge is 0.407 e. The van der Waals surface area contributed by atoms with Gasteiger partial charge in [-0.2, -0.15) is 0 Å². The average Bonchev–Trinajstić information content (AvgIpc) is 3.28. The summed E-state index contributed by atoms with van der Waals surface area (Å²) in [5.74, 6) is 0.862. The summed E-state index contributed by atoms with van der Waals surface area (Å²) in [6.45, 7) is 14.1. The highest BCUT2D eigenvalue weighted by Gasteiger charge is 2.37. The number of rotatable bonds is 3. The Morgan fingerprint density at radius 2 is 1.78 bits per heavy atom. The Bertz CT molecular complexity index is 1470. The minimum atomic E-state index is -0.865. The number of imidazole rings is 1. The predicted octanol–water partition coefficient (Wildman–Crippen LogP) is 5.60. The number of fused-ring (bicyclic) bond motifs is 1. The predicted molar refractivity (Wildman–Crippen MR) is 146 cm³/mol. The van der Waals surface area contributed by atoms with E-state index in [2.05, 4.69) is 66.4 Å². The summed E-state index contributed by atoms with van der Waals surface area (Å²) in [5.41, 5.74) is 8.07. The van der Waals surface area contributed by atoms with E-state index in [0.29, 0.717) is 19.6 Å². The summed E-state index contributed by atoms with van der Waals surface area (Å²) >= 11 is 0. The van der Waals surface area contributed by atoms with E-state index in [9.17, 15) is 9.90 Å². The van der Waals surface area contributed by atoms with Crippen molar-refractivity contribution in [3.8, 4) is 22.4 Å². The van der Waals surface area contributed by atoms with Crippen LogP contribution in [0.2, 0.25) is 0 Å². The quantitative estimate of drug-likeness (QED) is 0.396. The molecule has 192 valence electrons. The molecule has 1 atom stereocenters. The van der Waals surface area contributed by atoms with Crippen molar-refractivity contribution in [1.29, 1.82) is 0 Å². The summed E-state index contributed by atoms with van der Waals surface area (Å²) in [6, 6.07) is 10.5. The molecule has 0 radical (unpaired) electrons. The third-order valence-corrected chi connectivity index (χ3v) is 7.31. The number of aryl methyl sites for hydroxylation is 3. The lowest BCUT2D eigenvalue weighted by Gasteiger charge is -2.47. The molecule has 0 aromatic carbocycles. The first-order valence-electron chi connectivity index (χ1n) is 12.7. The number of carboxylic acid groups (broad SMARTS) is 1. The highest BCUT2D eigenvalue weighted by atomic mass is 16.4. The van der Waals surface area contributed by atoms with E-state index < -0.39 is 6.09 Å². The molecule has 1 aliphatic rings. The molecule has 0 spiro atoms. The summed E-state index contributed by atoms with van der Waals surface area (Å²) < 4.78 is 2.13. The molecule has 1 fully saturated rings. The number of aromatic nitrogens is 4. The van der Waals surface area contributed by atoms with Gasteiger partial charge in [-0.1, -0.05) is 26.8 Å². The lowest BCUT2D eigenvalue weighted by Crippen LogP contribution is -2.59. The Kier molecular flexibility index (Phi) is 6.14. The van der Waals surface area contributed by atoms with Gasteiger partial charge in [-0.05, 0) is 56.0 Å². The first-order valence-corrected chi connectivity index (χ1v) is 12.7. The molecule has 0 saturated carbocycles. The Hall–Kier alpha value is -3.94. The minimum absolute atomic E-state index is 0.0306. The van der Waals surface area contributed by atoms with Gasteiger partial charge in [0.15, 0.2) is 0 Å². The molecule has 37 heavy (non-hydrogen) atoms. The summed E-state index contributed by atoms with van der Waals surface area (Å²) in [6.07, 6.45) is 5.05. The van der Waals surface area contributed by atoms with E-state index in [4.69, 9.17) is 9.97 Å². The van der Waals surface area contributed by atoms with Gasteiger partial charge in [-0.15, -0.1) is 0 Å². The number of anilines is 1. The van der Waals surface area contributed by atoms with Crippen molar-refractivity contribution in [3.05, 3.63) is 65.9 Å². The molecule has 0 aliphatic carbocycles. The molecule has 0 bridgehead atoms. The van der Waals surface area contributed by atoms with Gasteiger partial charge in [0.2, 0.25) is 0 Å². The Balaban J connectivity index is 1.50. The highest BCUT2D eigenvalue weighted by Crippen LogP contribution is 2.33. The zero-order valence-corrected chi connectivity index (χ0v) is 22.4. The summed E-state index contributed by atoms with van der Waals surface area (Å²) in [4.78, 5) is 29.5. The van der Waals surface area contributed by atoms with Crippen LogP contribution in [0.1, 0.15) is 37.7 Å². The number of hydrogen-bond acceptors (Lipinski definition) is 5. The number of amides is 1. The molecule has 4 aromatic heterocycles. The number of pyridine rings is 3. The lowest BCUT2D eigenvalue weighted by atomic mass is 9.84. The van der Waals surface area contributed by atoms with Gasteiger partial charge >= 0.3 is 6.09 Å². The van der Waals surface area contributed by atoms with Crippen LogP contribution >= 0.6 is 0 Å². The van der Waals surface area contributed by atoms with Crippen molar-refractivity contribution in [2.75, 3.05) is 24.5 Å². The van der Waals surface area contributed by atoms with E-state index in [1.807, 2.05) is 38.4 Å². The van der Waals surface area contributed by atoms with Crippen LogP contribution in [0, 0.1) is 26.2 Å². The van der Waals surface area contributed by atoms with E-state index in [-0.39, 0.29) is 11.5 Å². The molecule has 8 heteroatoms. The molecule has 8 nitrogen and oxygen atoms in total. The Morgan fingerprint density at radius 3 is 2.43 bits per heavy atom. The fraction of sp³-hybridized carbons (Fsp3) is 0.379. The standard InChI is InChI=1S/C29H34N6O2/c1-18-13-22(23-9-7-19(2)32-20(23)3)16-35-24(15-31-27(18)35)21-8-10-26(30-14-21)34-12-11-33(28(36)37)17-25(34)29(4,5)6/h7-10,13-16,25H,11-12,17H2,1-6H3,(H,36,37). The highest BCUT2D eigenvalue weighted by molar-refractivity contribution is 5.72. The second-order valence-electron chi connectivity index (χ2n) is 11.0. The van der Waals surface area contributed by atoms with Crippen molar-refractivity contribution in [2.45, 2.75) is 47.6 Å². The fourth-order valence-corrected chi connectivity index (χ4v) is 5.29. The maximum absolute atomic E-state index is 11.6. The molecule has 1 N–H and O–H groups in total. The van der Waals surface area contributed by atoms with Crippen molar-refractivity contribution in [1.82, 2.24) is 24.3 Å². The molecule has 5 rings (SSSR count). The van der Waals surface area contributed by atoms with Gasteiger partial charge in [-0.25, -0.2) is 14.8 Å². The third-order valence-electron chi connectivity index (χ3n) is 7.31. The number of carbonyl (C=O) groups is 1. The molecular weight excluding hydrogens is 464 g/mol. The topological polar surface area (TPSA) is 86.9 Å². The zero-order chi connectivity index (χ0) is 26.5. The number of hydrogen-bond donors (Lipinski definition) is 1. The second kappa shape index (κ2) is 9.18. The molecule has 4 aromatic rings. The van der Waals surface area contributed by atoms with Crippen LogP contribution in [0.25, 0.3) is 28.0 Å². The van der Waals surface area contributed by atoms with Crippen LogP contribution < -0.4 is 4.90 Å². The monoisotopic (exact) mass is 498 g/mol. The van der Waals surface area contributed by atoms with Crippen LogP contribution in [-0.4, -0.2) is 61.1 Å². The maximum atomic E-state index is 11.6. The van der Waals surface area contributed by atoms with Crippen molar-refractivity contribution < 1.29 is 9.90 Å². The molecule has 5 heterocycles. The van der Waals surface area contributed by atoms with Crippen LogP contribution in [0.5, 0.6) is 0 Å². The zero-order valence-electron chi connectivity index (χ0n) is 22.4. The van der Waals surface area contributed by atoms with Gasteiger partial charge in [-0.3, -0.25) is 9.38 Å². The average molecular weight is 499 g/mol. The van der Waals surface area contributed by atoms with E-state index >= 15 is 0 Å². The van der Waals surface area contributed by atoms with Gasteiger partial charge in [0.1, 0.15) is 11.5 Å². The van der Waals surface area contributed by atoms with E-state index in [1.54, 1.807) is 0 Å². The maximum Gasteiger partial charge on any atom is 0.407 e. The van der Waals surface area contributed by atoms with Crippen LogP contribution in [0.15, 0.2) is 48.9 Å². The molecule has 1 aliphatic heterocycles. The minimum Gasteiger partial charge on any atom is -0.465 e. The van der Waals surface area contributed by atoms with Gasteiger partial charge in [0, 0.05) is 60.1 Å². The van der Waals surface area contributed by atoms with E-state index in [0.717, 1.165) is 50.8 Å². The Labute approximate surface area is 217 Å². The molecule has 1 amide bonds. The number of piperazine rings is 1. The van der Waals surface area contributed by atoms with Crippen molar-refractivity contribution in [2.24, 2.45) is 5.41 Å². The largest absolute Gasteiger partial charge is 0.465 e. The van der Waals surface area contributed by atoms with E-state index in [1.165, 1.54) is 4.90 Å². The number of nitrogens with zero attached hydrogens (tertiary/aromatic N) is 6. The SMILES string of the molecule is Cc1ccc(-c2cc(C)c3ncc(-c4ccc(N5CCN(C(=O)O)CC5C(C)(C)C)nc4)n3c2)c(C)n1. The van der Waals surface area contributed by atoms with Gasteiger partial charge in [0.05, 0.1) is 17.9 Å². The second-order valence-corrected chi connectivity index (χ2v) is 11.0. The lowest BCUT2D eigenvalue weighted by molar-refractivity contribution is 0.118. The Morgan fingerprint density at radius 1 is 1.00 bits per heavy atom. The van der Waals surface area contributed by atoms with Crippen molar-refractivity contribution >= 4 is 17.6 Å². The first kappa shape index (κ1) is 24.7. The summed E-state index contributed by atoms with van der Waals surface area (Å²) in [5, 5.41) is 9.53. The first-order chi connectivity index (χ1) is 17.5. The van der Waals surface area contributed by atoms with Crippen LogP contribution in [0.3, 0.4) is 0 Å². The normalized spacial score (nSPS) is 16.4. The fourth-order valence-electron chi connectivity index (χ4n) is 5.29. The van der Waals surface area contributed by atoms with Crippen LogP contribution in [0.4, 0.5) is 10.6 Å². The third kappa shape index (κ3) is 4.63. The van der Waals surface area contributed by atoms with Crippen LogP contribution in [-0.2, 0) is 0 Å². The van der Waals surface area contributed by atoms with Gasteiger partial charge < -0.3 is 14.9 Å². The van der Waals surface area contributed by atoms with Crippen molar-refractivity contribution in [3.63, 3.8) is 0 Å². The van der Waals surface area contributed by atoms with Gasteiger partial charge in [0.25, 0.3) is 0 Å². The summed E-state index contributed by atoms with van der Waals surface area (Å²) in [7, 11) is 0. The molecule has 1 saturated heterocycles. The molecule has 1 unspecified atom stereocenters. The molecular formula is C29H34N6O2.